The summed E-state index contributed by atoms with van der Waals surface area (Å²) in [7, 11) is 0. The molecular weight excluding hydrogens is 201 g/mol. The standard InChI is InChI=1S/C8H5F3O3/c1-4(12)5-2-3-6(14-5)7(13)8(9,10)11/h2-3H,1H3. The van der Waals surface area contributed by atoms with Crippen LogP contribution in [0.4, 0.5) is 13.2 Å². The monoisotopic (exact) mass is 206 g/mol. The average molecular weight is 206 g/mol. The van der Waals surface area contributed by atoms with Crippen molar-refractivity contribution < 1.29 is 27.2 Å². The highest BCUT2D eigenvalue weighted by molar-refractivity contribution is 5.99. The van der Waals surface area contributed by atoms with Gasteiger partial charge in [0, 0.05) is 6.92 Å². The van der Waals surface area contributed by atoms with Gasteiger partial charge in [-0.15, -0.1) is 0 Å². The van der Waals surface area contributed by atoms with E-state index >= 15 is 0 Å². The van der Waals surface area contributed by atoms with Crippen LogP contribution in [0.5, 0.6) is 0 Å². The van der Waals surface area contributed by atoms with Gasteiger partial charge in [-0.2, -0.15) is 13.2 Å². The van der Waals surface area contributed by atoms with Crippen LogP contribution in [0.25, 0.3) is 0 Å². The number of ketones is 2. The van der Waals surface area contributed by atoms with Crippen LogP contribution in [-0.2, 0) is 0 Å². The van der Waals surface area contributed by atoms with Crippen molar-refractivity contribution in [2.45, 2.75) is 13.1 Å². The number of carbonyl (C=O) groups excluding carboxylic acids is 2. The van der Waals surface area contributed by atoms with E-state index in [2.05, 4.69) is 4.42 Å². The fourth-order valence-corrected chi connectivity index (χ4v) is 0.789. The van der Waals surface area contributed by atoms with E-state index in [1.165, 1.54) is 0 Å². The third-order valence-electron chi connectivity index (χ3n) is 1.43. The Hall–Kier alpha value is -1.59. The van der Waals surface area contributed by atoms with E-state index in [4.69, 9.17) is 0 Å². The molecule has 0 aliphatic rings. The molecule has 0 amide bonds. The molecule has 0 saturated carbocycles. The van der Waals surface area contributed by atoms with Gasteiger partial charge in [-0.25, -0.2) is 0 Å². The molecule has 1 rings (SSSR count). The maximum Gasteiger partial charge on any atom is 0.458 e. The molecule has 14 heavy (non-hydrogen) atoms. The number of furan rings is 1. The SMILES string of the molecule is CC(=O)c1ccc(C(=O)C(F)(F)F)o1. The first kappa shape index (κ1) is 10.5. The van der Waals surface area contributed by atoms with E-state index in [9.17, 15) is 22.8 Å². The zero-order chi connectivity index (χ0) is 10.9. The Kier molecular flexibility index (Phi) is 2.46. The lowest BCUT2D eigenvalue weighted by molar-refractivity contribution is -0.0899. The smallest absolute Gasteiger partial charge is 0.450 e. The van der Waals surface area contributed by atoms with E-state index in [0.717, 1.165) is 19.1 Å². The van der Waals surface area contributed by atoms with Crippen molar-refractivity contribution in [2.75, 3.05) is 0 Å². The fourth-order valence-electron chi connectivity index (χ4n) is 0.789. The van der Waals surface area contributed by atoms with Crippen LogP contribution in [0.2, 0.25) is 0 Å². The van der Waals surface area contributed by atoms with E-state index in [1.54, 1.807) is 0 Å². The zero-order valence-electron chi connectivity index (χ0n) is 7.01. The molecule has 0 aliphatic carbocycles. The van der Waals surface area contributed by atoms with Crippen molar-refractivity contribution in [1.29, 1.82) is 0 Å². The van der Waals surface area contributed by atoms with E-state index in [-0.39, 0.29) is 5.76 Å². The van der Waals surface area contributed by atoms with E-state index in [0.29, 0.717) is 0 Å². The van der Waals surface area contributed by atoms with Crippen LogP contribution >= 0.6 is 0 Å². The molecule has 0 saturated heterocycles. The molecule has 0 aliphatic heterocycles. The second-order valence-corrected chi connectivity index (χ2v) is 2.55. The quantitative estimate of drug-likeness (QED) is 0.697. The Balaban J connectivity index is 2.99. The fraction of sp³-hybridized carbons (Fsp3) is 0.250. The number of rotatable bonds is 2. The van der Waals surface area contributed by atoms with Gasteiger partial charge in [0.05, 0.1) is 0 Å². The largest absolute Gasteiger partial charge is 0.458 e. The maximum absolute atomic E-state index is 11.9. The average Bonchev–Trinajstić information content (AvgIpc) is 2.48. The summed E-state index contributed by atoms with van der Waals surface area (Å²) in [4.78, 5) is 21.2. The number of hydrogen-bond acceptors (Lipinski definition) is 3. The van der Waals surface area contributed by atoms with Crippen molar-refractivity contribution >= 4 is 11.6 Å². The van der Waals surface area contributed by atoms with Gasteiger partial charge in [-0.3, -0.25) is 9.59 Å². The van der Waals surface area contributed by atoms with Crippen molar-refractivity contribution in [3.63, 3.8) is 0 Å². The van der Waals surface area contributed by atoms with Gasteiger partial charge in [-0.1, -0.05) is 0 Å². The summed E-state index contributed by atoms with van der Waals surface area (Å²) in [5.74, 6) is -3.77. The lowest BCUT2D eigenvalue weighted by Crippen LogP contribution is -2.22. The topological polar surface area (TPSA) is 47.3 Å². The molecule has 0 bridgehead atoms. The molecule has 1 heterocycles. The molecule has 0 radical (unpaired) electrons. The molecule has 76 valence electrons. The molecule has 1 aromatic heterocycles. The summed E-state index contributed by atoms with van der Waals surface area (Å²) >= 11 is 0. The molecule has 6 heteroatoms. The highest BCUT2D eigenvalue weighted by Gasteiger charge is 2.41. The minimum Gasteiger partial charge on any atom is -0.450 e. The van der Waals surface area contributed by atoms with Crippen LogP contribution in [-0.4, -0.2) is 17.7 Å². The number of alkyl halides is 3. The third-order valence-corrected chi connectivity index (χ3v) is 1.43. The van der Waals surface area contributed by atoms with Crippen molar-refractivity contribution in [2.24, 2.45) is 0 Å². The van der Waals surface area contributed by atoms with Gasteiger partial charge in [-0.05, 0) is 12.1 Å². The molecule has 0 atom stereocenters. The van der Waals surface area contributed by atoms with Crippen LogP contribution in [0.1, 0.15) is 28.0 Å². The van der Waals surface area contributed by atoms with Crippen molar-refractivity contribution in [3.05, 3.63) is 23.7 Å². The first-order valence-corrected chi connectivity index (χ1v) is 3.54. The normalized spacial score (nSPS) is 11.4. The molecule has 0 aromatic carbocycles. The molecule has 0 unspecified atom stereocenters. The maximum atomic E-state index is 11.9. The summed E-state index contributed by atoms with van der Waals surface area (Å²) in [5, 5.41) is 0. The minimum atomic E-state index is -4.98. The van der Waals surface area contributed by atoms with E-state index < -0.39 is 23.5 Å². The molecule has 0 N–H and O–H groups in total. The molecular formula is C8H5F3O3. The van der Waals surface area contributed by atoms with Gasteiger partial charge in [0.2, 0.25) is 0 Å². The summed E-state index contributed by atoms with van der Waals surface area (Å²) in [6.07, 6.45) is -4.98. The van der Waals surface area contributed by atoms with Crippen molar-refractivity contribution in [3.8, 4) is 0 Å². The predicted molar refractivity (Wildman–Crippen MR) is 39.1 cm³/mol. The minimum absolute atomic E-state index is 0.266. The molecule has 0 fully saturated rings. The molecule has 3 nitrogen and oxygen atoms in total. The Bertz CT molecular complexity index is 375. The van der Waals surface area contributed by atoms with E-state index in [1.807, 2.05) is 0 Å². The summed E-state index contributed by atoms with van der Waals surface area (Å²) in [6.45, 7) is 1.13. The Labute approximate surface area is 76.5 Å². The summed E-state index contributed by atoms with van der Waals surface area (Å²) in [5.41, 5.74) is 0. The highest BCUT2D eigenvalue weighted by Crippen LogP contribution is 2.22. The van der Waals surface area contributed by atoms with Gasteiger partial charge >= 0.3 is 12.0 Å². The zero-order valence-corrected chi connectivity index (χ0v) is 7.01. The van der Waals surface area contributed by atoms with Gasteiger partial charge in [0.25, 0.3) is 0 Å². The number of Topliss-reactive ketones (excluding diaryl/α,β-unsaturated/α-hetero) is 2. The van der Waals surface area contributed by atoms with Crippen LogP contribution in [0, 0.1) is 0 Å². The third kappa shape index (κ3) is 2.01. The Morgan fingerprint density at radius 1 is 1.21 bits per heavy atom. The predicted octanol–water partition coefficient (Wildman–Crippen LogP) is 2.23. The number of carbonyl (C=O) groups is 2. The van der Waals surface area contributed by atoms with Gasteiger partial charge < -0.3 is 4.42 Å². The van der Waals surface area contributed by atoms with Crippen LogP contribution < -0.4 is 0 Å². The lowest BCUT2D eigenvalue weighted by Gasteiger charge is -2.00. The van der Waals surface area contributed by atoms with Gasteiger partial charge in [0.15, 0.2) is 17.3 Å². The van der Waals surface area contributed by atoms with Crippen molar-refractivity contribution in [1.82, 2.24) is 0 Å². The first-order valence-electron chi connectivity index (χ1n) is 3.54. The second-order valence-electron chi connectivity index (χ2n) is 2.55. The highest BCUT2D eigenvalue weighted by atomic mass is 19.4. The second kappa shape index (κ2) is 3.28. The Morgan fingerprint density at radius 2 is 1.71 bits per heavy atom. The Morgan fingerprint density at radius 3 is 2.07 bits per heavy atom. The molecule has 0 spiro atoms. The number of hydrogen-bond donors (Lipinski definition) is 0. The first-order chi connectivity index (χ1) is 6.32. The lowest BCUT2D eigenvalue weighted by atomic mass is 10.3. The number of halogens is 3. The summed E-state index contributed by atoms with van der Waals surface area (Å²) in [6, 6.07) is 1.86. The summed E-state index contributed by atoms with van der Waals surface area (Å²) < 4.78 is 40.0. The van der Waals surface area contributed by atoms with Gasteiger partial charge in [0.1, 0.15) is 0 Å². The van der Waals surface area contributed by atoms with Crippen LogP contribution in [0.3, 0.4) is 0 Å². The van der Waals surface area contributed by atoms with Crippen LogP contribution in [0.15, 0.2) is 16.5 Å². The molecule has 1 aromatic rings.